The largest absolute Gasteiger partial charge is 0.484 e. The Morgan fingerprint density at radius 3 is 2.18 bits per heavy atom. The molecule has 7 nitrogen and oxygen atoms in total. The molecule has 2 amide bonds. The molecule has 0 heterocycles. The molecule has 0 aromatic heterocycles. The third-order valence-electron chi connectivity index (χ3n) is 4.98. The number of hydrogen-bond donors (Lipinski definition) is 1. The zero-order valence-corrected chi connectivity index (χ0v) is 21.1. The van der Waals surface area contributed by atoms with Crippen LogP contribution >= 0.6 is 11.8 Å². The summed E-state index contributed by atoms with van der Waals surface area (Å²) in [4.78, 5) is 39.7. The van der Waals surface area contributed by atoms with Crippen molar-refractivity contribution in [3.8, 4) is 5.75 Å². The van der Waals surface area contributed by atoms with Gasteiger partial charge in [0.2, 0.25) is 0 Å². The predicted octanol–water partition coefficient (Wildman–Crippen LogP) is 3.67. The fourth-order valence-corrected chi connectivity index (χ4v) is 3.63. The van der Waals surface area contributed by atoms with Crippen LogP contribution in [0.25, 0.3) is 0 Å². The monoisotopic (exact) mass is 486 g/mol. The summed E-state index contributed by atoms with van der Waals surface area (Å²) in [7, 11) is 0. The van der Waals surface area contributed by atoms with Crippen LogP contribution in [0.3, 0.4) is 0 Å². The molecule has 2 aromatic rings. The SMILES string of the molecule is CSCCC(NC(=O)COc1ccccc1)C(=O)OCC(=O)N(Cc1ccccc1)C(C)(C)C. The molecule has 1 N–H and O–H groups in total. The van der Waals surface area contributed by atoms with Gasteiger partial charge in [0.1, 0.15) is 11.8 Å². The zero-order valence-electron chi connectivity index (χ0n) is 20.3. The van der Waals surface area contributed by atoms with Gasteiger partial charge >= 0.3 is 5.97 Å². The molecule has 0 saturated heterocycles. The third-order valence-corrected chi connectivity index (χ3v) is 5.62. The lowest BCUT2D eigenvalue weighted by Gasteiger charge is -2.35. The lowest BCUT2D eigenvalue weighted by Crippen LogP contribution is -2.48. The maximum Gasteiger partial charge on any atom is 0.329 e. The van der Waals surface area contributed by atoms with Crippen molar-refractivity contribution in [2.24, 2.45) is 0 Å². The highest BCUT2D eigenvalue weighted by molar-refractivity contribution is 7.98. The van der Waals surface area contributed by atoms with E-state index in [9.17, 15) is 14.4 Å². The topological polar surface area (TPSA) is 84.9 Å². The molecule has 0 aliphatic carbocycles. The minimum atomic E-state index is -0.857. The number of para-hydroxylation sites is 1. The molecule has 0 aliphatic rings. The number of amides is 2. The highest BCUT2D eigenvalue weighted by Gasteiger charge is 2.29. The Morgan fingerprint density at radius 2 is 1.59 bits per heavy atom. The Kier molecular flexibility index (Phi) is 10.9. The van der Waals surface area contributed by atoms with E-state index in [2.05, 4.69) is 5.32 Å². The molecule has 0 spiro atoms. The molecule has 0 saturated carbocycles. The number of nitrogens with one attached hydrogen (secondary N) is 1. The summed E-state index contributed by atoms with van der Waals surface area (Å²) in [6.45, 7) is 5.60. The van der Waals surface area contributed by atoms with Crippen molar-refractivity contribution in [2.45, 2.75) is 45.3 Å². The molecule has 1 unspecified atom stereocenters. The first kappa shape index (κ1) is 27.2. The summed E-state index contributed by atoms with van der Waals surface area (Å²) in [5.41, 5.74) is 0.529. The Morgan fingerprint density at radius 1 is 0.971 bits per heavy atom. The highest BCUT2D eigenvalue weighted by Crippen LogP contribution is 2.18. The minimum absolute atomic E-state index is 0.221. The van der Waals surface area contributed by atoms with Gasteiger partial charge in [0, 0.05) is 12.1 Å². The molecule has 8 heteroatoms. The molecule has 0 radical (unpaired) electrons. The van der Waals surface area contributed by atoms with Gasteiger partial charge in [-0.15, -0.1) is 0 Å². The number of esters is 1. The number of thioether (sulfide) groups is 1. The summed E-state index contributed by atoms with van der Waals surface area (Å²) >= 11 is 1.55. The van der Waals surface area contributed by atoms with Crippen molar-refractivity contribution in [3.63, 3.8) is 0 Å². The first-order valence-corrected chi connectivity index (χ1v) is 12.6. The molecule has 34 heavy (non-hydrogen) atoms. The molecule has 0 aliphatic heterocycles. The Balaban J connectivity index is 1.94. The quantitative estimate of drug-likeness (QED) is 0.461. The smallest absolute Gasteiger partial charge is 0.329 e. The lowest BCUT2D eigenvalue weighted by atomic mass is 10.0. The van der Waals surface area contributed by atoms with E-state index >= 15 is 0 Å². The first-order valence-electron chi connectivity index (χ1n) is 11.2. The number of ether oxygens (including phenoxy) is 2. The van der Waals surface area contributed by atoms with Crippen molar-refractivity contribution in [3.05, 3.63) is 66.2 Å². The van der Waals surface area contributed by atoms with Crippen LogP contribution < -0.4 is 10.1 Å². The van der Waals surface area contributed by atoms with Crippen molar-refractivity contribution in [2.75, 3.05) is 25.2 Å². The number of benzene rings is 2. The van der Waals surface area contributed by atoms with Crippen molar-refractivity contribution in [1.82, 2.24) is 10.2 Å². The molecular formula is C26H34N2O5S. The zero-order chi connectivity index (χ0) is 25.0. The second-order valence-electron chi connectivity index (χ2n) is 8.75. The van der Waals surface area contributed by atoms with Crippen LogP contribution in [0.15, 0.2) is 60.7 Å². The van der Waals surface area contributed by atoms with Crippen LogP contribution in [-0.4, -0.2) is 59.5 Å². The Hall–Kier alpha value is -3.00. The second-order valence-corrected chi connectivity index (χ2v) is 9.73. The van der Waals surface area contributed by atoms with E-state index in [1.165, 1.54) is 0 Å². The highest BCUT2D eigenvalue weighted by atomic mass is 32.2. The van der Waals surface area contributed by atoms with E-state index in [0.29, 0.717) is 24.5 Å². The van der Waals surface area contributed by atoms with Gasteiger partial charge in [0.25, 0.3) is 11.8 Å². The van der Waals surface area contributed by atoms with Gasteiger partial charge in [0.05, 0.1) is 0 Å². The van der Waals surface area contributed by atoms with Crippen LogP contribution in [0.5, 0.6) is 5.75 Å². The van der Waals surface area contributed by atoms with Crippen molar-refractivity contribution < 1.29 is 23.9 Å². The number of hydrogen-bond acceptors (Lipinski definition) is 6. The molecule has 0 fully saturated rings. The normalized spacial score (nSPS) is 11.9. The Bertz CT molecular complexity index is 916. The van der Waals surface area contributed by atoms with Crippen LogP contribution in [0.4, 0.5) is 0 Å². The van der Waals surface area contributed by atoms with Gasteiger partial charge in [-0.2, -0.15) is 11.8 Å². The number of nitrogens with zero attached hydrogens (tertiary/aromatic N) is 1. The van der Waals surface area contributed by atoms with E-state index in [4.69, 9.17) is 9.47 Å². The van der Waals surface area contributed by atoms with Gasteiger partial charge in [-0.25, -0.2) is 4.79 Å². The maximum atomic E-state index is 13.0. The first-order chi connectivity index (χ1) is 16.2. The standard InChI is InChI=1S/C26H34N2O5S/c1-26(2,3)28(17-20-11-7-5-8-12-20)24(30)19-33-25(31)22(15-16-34-4)27-23(29)18-32-21-13-9-6-10-14-21/h5-14,22H,15-19H2,1-4H3,(H,27,29). The molecule has 1 atom stereocenters. The van der Waals surface area contributed by atoms with E-state index in [1.54, 1.807) is 28.8 Å². The van der Waals surface area contributed by atoms with Crippen LogP contribution in [0.2, 0.25) is 0 Å². The van der Waals surface area contributed by atoms with E-state index in [0.717, 1.165) is 5.56 Å². The van der Waals surface area contributed by atoms with Gasteiger partial charge in [0.15, 0.2) is 13.2 Å². The molecule has 0 bridgehead atoms. The van der Waals surface area contributed by atoms with Crippen LogP contribution in [0.1, 0.15) is 32.8 Å². The third kappa shape index (κ3) is 9.47. The van der Waals surface area contributed by atoms with Gasteiger partial charge in [-0.1, -0.05) is 48.5 Å². The average molecular weight is 487 g/mol. The van der Waals surface area contributed by atoms with Crippen molar-refractivity contribution >= 4 is 29.5 Å². The lowest BCUT2D eigenvalue weighted by molar-refractivity contribution is -0.156. The molecule has 184 valence electrons. The van der Waals surface area contributed by atoms with Gasteiger partial charge < -0.3 is 19.7 Å². The van der Waals surface area contributed by atoms with E-state index < -0.39 is 30.1 Å². The average Bonchev–Trinajstić information content (AvgIpc) is 2.82. The summed E-state index contributed by atoms with van der Waals surface area (Å²) < 4.78 is 10.8. The van der Waals surface area contributed by atoms with E-state index in [1.807, 2.05) is 75.6 Å². The van der Waals surface area contributed by atoms with E-state index in [-0.39, 0.29) is 12.5 Å². The molecular weight excluding hydrogens is 452 g/mol. The maximum absolute atomic E-state index is 13.0. The van der Waals surface area contributed by atoms with Gasteiger partial charge in [-0.3, -0.25) is 9.59 Å². The minimum Gasteiger partial charge on any atom is -0.484 e. The second kappa shape index (κ2) is 13.6. The molecule has 2 rings (SSSR count). The fraction of sp³-hybridized carbons (Fsp3) is 0.423. The number of carbonyl (C=O) groups is 3. The van der Waals surface area contributed by atoms with Gasteiger partial charge in [-0.05, 0) is 56.9 Å². The van der Waals surface area contributed by atoms with Crippen LogP contribution in [-0.2, 0) is 25.7 Å². The summed E-state index contributed by atoms with van der Waals surface area (Å²) in [6.07, 6.45) is 2.30. The van der Waals surface area contributed by atoms with Crippen molar-refractivity contribution in [1.29, 1.82) is 0 Å². The summed E-state index contributed by atoms with van der Waals surface area (Å²) in [6, 6.07) is 17.7. The number of rotatable bonds is 12. The Labute approximate surface area is 206 Å². The molecule has 2 aromatic carbocycles. The summed E-state index contributed by atoms with van der Waals surface area (Å²) in [5, 5.41) is 2.67. The summed E-state index contributed by atoms with van der Waals surface area (Å²) in [5.74, 6) is -0.155. The van der Waals surface area contributed by atoms with Crippen LogP contribution in [0, 0.1) is 0 Å². The number of carbonyl (C=O) groups excluding carboxylic acids is 3. The fourth-order valence-electron chi connectivity index (χ4n) is 3.16. The predicted molar refractivity (Wildman–Crippen MR) is 135 cm³/mol.